The molecule has 0 aliphatic carbocycles. The van der Waals surface area contributed by atoms with Gasteiger partial charge in [0, 0.05) is 58.8 Å². The van der Waals surface area contributed by atoms with E-state index in [9.17, 15) is 4.79 Å². The van der Waals surface area contributed by atoms with Crippen LogP contribution in [0.15, 0.2) is 52.3 Å². The highest BCUT2D eigenvalue weighted by Crippen LogP contribution is 2.42. The van der Waals surface area contributed by atoms with Gasteiger partial charge in [-0.05, 0) is 35.9 Å². The van der Waals surface area contributed by atoms with Crippen LogP contribution in [0.2, 0.25) is 5.02 Å². The van der Waals surface area contributed by atoms with Crippen LogP contribution in [0.1, 0.15) is 17.5 Å². The molecule has 0 unspecified atom stereocenters. The Hall–Kier alpha value is -1.95. The molecule has 0 amide bonds. The number of rotatable bonds is 4. The molecular weight excluding hydrogens is 380 g/mol. The van der Waals surface area contributed by atoms with Gasteiger partial charge < -0.3 is 10.0 Å². The first-order chi connectivity index (χ1) is 13.1. The van der Waals surface area contributed by atoms with Crippen LogP contribution >= 0.6 is 23.4 Å². The summed E-state index contributed by atoms with van der Waals surface area (Å²) < 4.78 is 0. The maximum absolute atomic E-state index is 10.8. The molecule has 1 fully saturated rings. The zero-order valence-electron chi connectivity index (χ0n) is 14.9. The Morgan fingerprint density at radius 1 is 1.07 bits per heavy atom. The van der Waals surface area contributed by atoms with Crippen LogP contribution in [0.25, 0.3) is 11.8 Å². The Labute approximate surface area is 168 Å². The molecule has 0 spiro atoms. The second-order valence-electron chi connectivity index (χ2n) is 6.78. The number of halogens is 1. The van der Waals surface area contributed by atoms with Crippen LogP contribution in [-0.4, -0.2) is 53.6 Å². The van der Waals surface area contributed by atoms with Crippen molar-refractivity contribution in [1.82, 2.24) is 9.80 Å². The van der Waals surface area contributed by atoms with Gasteiger partial charge in [-0.2, -0.15) is 0 Å². The van der Waals surface area contributed by atoms with Crippen LogP contribution in [0.5, 0.6) is 0 Å². The number of nitrogens with zero attached hydrogens (tertiary/aromatic N) is 2. The number of carboxylic acid groups (broad SMARTS) is 1. The third-order valence-electron chi connectivity index (χ3n) is 5.00. The molecule has 1 saturated heterocycles. The first kappa shape index (κ1) is 18.4. The number of aliphatic carboxylic acids is 1. The van der Waals surface area contributed by atoms with E-state index >= 15 is 0 Å². The Bertz CT molecular complexity index is 892. The molecule has 0 bridgehead atoms. The summed E-state index contributed by atoms with van der Waals surface area (Å²) >= 11 is 8.10. The molecule has 2 heterocycles. The molecule has 2 aliphatic rings. The Kier molecular flexibility index (Phi) is 5.43. The van der Waals surface area contributed by atoms with Crippen molar-refractivity contribution in [1.29, 1.82) is 0 Å². The molecule has 4 nitrogen and oxygen atoms in total. The summed E-state index contributed by atoms with van der Waals surface area (Å²) in [5, 5.41) is 9.64. The summed E-state index contributed by atoms with van der Waals surface area (Å²) in [6.45, 7) is 4.11. The lowest BCUT2D eigenvalue weighted by Gasteiger charge is -2.37. The third-order valence-corrected chi connectivity index (χ3v) is 6.41. The highest BCUT2D eigenvalue weighted by molar-refractivity contribution is 7.99. The molecule has 0 aromatic heterocycles. The van der Waals surface area contributed by atoms with Crippen LogP contribution in [0.3, 0.4) is 0 Å². The third kappa shape index (κ3) is 4.15. The van der Waals surface area contributed by atoms with E-state index < -0.39 is 5.97 Å². The summed E-state index contributed by atoms with van der Waals surface area (Å²) in [5.41, 5.74) is 3.59. The highest BCUT2D eigenvalue weighted by Gasteiger charge is 2.24. The van der Waals surface area contributed by atoms with Crippen molar-refractivity contribution < 1.29 is 9.90 Å². The van der Waals surface area contributed by atoms with Crippen molar-refractivity contribution >= 4 is 41.1 Å². The summed E-state index contributed by atoms with van der Waals surface area (Å²) in [4.78, 5) is 17.9. The number of piperazine rings is 1. The summed E-state index contributed by atoms with van der Waals surface area (Å²) in [7, 11) is 0. The van der Waals surface area contributed by atoms with Gasteiger partial charge in [-0.3, -0.25) is 9.69 Å². The number of benzene rings is 2. The van der Waals surface area contributed by atoms with Crippen LogP contribution in [-0.2, 0) is 4.79 Å². The lowest BCUT2D eigenvalue weighted by atomic mass is 10.1. The number of carboxylic acids is 1. The van der Waals surface area contributed by atoms with E-state index in [0.29, 0.717) is 6.54 Å². The topological polar surface area (TPSA) is 43.8 Å². The Balaban J connectivity index is 1.62. The van der Waals surface area contributed by atoms with Gasteiger partial charge in [-0.25, -0.2) is 0 Å². The smallest absolute Gasteiger partial charge is 0.304 e. The van der Waals surface area contributed by atoms with E-state index in [1.165, 1.54) is 26.6 Å². The minimum Gasteiger partial charge on any atom is -0.481 e. The van der Waals surface area contributed by atoms with Crippen LogP contribution in [0.4, 0.5) is 0 Å². The highest BCUT2D eigenvalue weighted by atomic mass is 35.5. The number of carbonyl (C=O) groups is 1. The van der Waals surface area contributed by atoms with E-state index in [1.54, 1.807) is 11.8 Å². The van der Waals surface area contributed by atoms with Crippen molar-refractivity contribution in [3.05, 3.63) is 58.6 Å². The zero-order chi connectivity index (χ0) is 18.8. The fraction of sp³-hybridized carbons (Fsp3) is 0.286. The van der Waals surface area contributed by atoms with Crippen molar-refractivity contribution in [2.75, 3.05) is 32.7 Å². The molecule has 0 atom stereocenters. The first-order valence-electron chi connectivity index (χ1n) is 9.08. The van der Waals surface area contributed by atoms with Crippen molar-refractivity contribution in [3.8, 4) is 0 Å². The second-order valence-corrected chi connectivity index (χ2v) is 8.30. The molecule has 2 aromatic rings. The van der Waals surface area contributed by atoms with Gasteiger partial charge in [-0.15, -0.1) is 0 Å². The van der Waals surface area contributed by atoms with E-state index in [2.05, 4.69) is 52.3 Å². The van der Waals surface area contributed by atoms with Gasteiger partial charge in [0.05, 0.1) is 6.42 Å². The predicted octanol–water partition coefficient (Wildman–Crippen LogP) is 4.40. The summed E-state index contributed by atoms with van der Waals surface area (Å²) in [5.74, 6) is -0.735. The number of fused-ring (bicyclic) bond motifs is 2. The van der Waals surface area contributed by atoms with Gasteiger partial charge in [0.2, 0.25) is 0 Å². The van der Waals surface area contributed by atoms with Gasteiger partial charge in [-0.1, -0.05) is 41.6 Å². The molecular formula is C21H21ClN2O2S. The van der Waals surface area contributed by atoms with E-state index in [-0.39, 0.29) is 6.42 Å². The maximum Gasteiger partial charge on any atom is 0.304 e. The maximum atomic E-state index is 10.8. The van der Waals surface area contributed by atoms with Gasteiger partial charge >= 0.3 is 5.97 Å². The fourth-order valence-corrected chi connectivity index (χ4v) is 4.77. The van der Waals surface area contributed by atoms with Gasteiger partial charge in [0.1, 0.15) is 0 Å². The lowest BCUT2D eigenvalue weighted by molar-refractivity contribution is -0.137. The normalized spacial score (nSPS) is 16.9. The SMILES string of the molecule is O=C(O)CCN1CCN(C2=Cc3ccccc3Sc3ccc(Cl)cc32)CC1. The standard InChI is InChI=1S/C21H21ClN2O2S/c22-16-5-6-20-17(14-16)18(13-15-3-1-2-4-19(15)27-20)24-11-9-23(10-12-24)8-7-21(25)26/h1-6,13-14H,7-12H2,(H,25,26). The average molecular weight is 401 g/mol. The van der Waals surface area contributed by atoms with Crippen LogP contribution in [0, 0.1) is 0 Å². The first-order valence-corrected chi connectivity index (χ1v) is 10.3. The molecule has 0 saturated carbocycles. The summed E-state index contributed by atoms with van der Waals surface area (Å²) in [6.07, 6.45) is 2.46. The van der Waals surface area contributed by atoms with E-state index in [4.69, 9.17) is 16.7 Å². The molecule has 140 valence electrons. The molecule has 6 heteroatoms. The van der Waals surface area contributed by atoms with Crippen molar-refractivity contribution in [2.24, 2.45) is 0 Å². The van der Waals surface area contributed by atoms with Crippen LogP contribution < -0.4 is 0 Å². The minimum absolute atomic E-state index is 0.200. The monoisotopic (exact) mass is 400 g/mol. The van der Waals surface area contributed by atoms with E-state index in [0.717, 1.165) is 31.2 Å². The molecule has 1 N–H and O–H groups in total. The molecule has 0 radical (unpaired) electrons. The average Bonchev–Trinajstić information content (AvgIpc) is 2.83. The molecule has 27 heavy (non-hydrogen) atoms. The molecule has 2 aromatic carbocycles. The fourth-order valence-electron chi connectivity index (χ4n) is 3.56. The Morgan fingerprint density at radius 3 is 2.63 bits per heavy atom. The molecule has 2 aliphatic heterocycles. The molecule has 4 rings (SSSR count). The second kappa shape index (κ2) is 7.97. The quantitative estimate of drug-likeness (QED) is 0.824. The predicted molar refractivity (Wildman–Crippen MR) is 110 cm³/mol. The van der Waals surface area contributed by atoms with Gasteiger partial charge in [0.25, 0.3) is 0 Å². The number of hydrogen-bond acceptors (Lipinski definition) is 4. The van der Waals surface area contributed by atoms with E-state index in [1.807, 2.05) is 6.07 Å². The summed E-state index contributed by atoms with van der Waals surface area (Å²) in [6, 6.07) is 14.5. The largest absolute Gasteiger partial charge is 0.481 e. The zero-order valence-corrected chi connectivity index (χ0v) is 16.5. The van der Waals surface area contributed by atoms with Gasteiger partial charge in [0.15, 0.2) is 0 Å². The lowest BCUT2D eigenvalue weighted by Crippen LogP contribution is -2.45. The minimum atomic E-state index is -0.735. The van der Waals surface area contributed by atoms with Crippen molar-refractivity contribution in [3.63, 3.8) is 0 Å². The number of hydrogen-bond donors (Lipinski definition) is 1. The Morgan fingerprint density at radius 2 is 1.85 bits per heavy atom. The van der Waals surface area contributed by atoms with Crippen molar-refractivity contribution in [2.45, 2.75) is 16.2 Å².